The summed E-state index contributed by atoms with van der Waals surface area (Å²) in [4.78, 5) is 5.88. The number of hydrogen-bond donors (Lipinski definition) is 1. The van der Waals surface area contributed by atoms with E-state index in [0.29, 0.717) is 6.79 Å². The molecule has 1 unspecified atom stereocenters. The molecule has 4 nitrogen and oxygen atoms in total. The van der Waals surface area contributed by atoms with E-state index < -0.39 is 0 Å². The van der Waals surface area contributed by atoms with Gasteiger partial charge in [-0.1, -0.05) is 6.07 Å². The van der Waals surface area contributed by atoms with E-state index in [0.717, 1.165) is 28.7 Å². The predicted molar refractivity (Wildman–Crippen MR) is 79.4 cm³/mol. The van der Waals surface area contributed by atoms with Crippen LogP contribution in [0, 0.1) is 13.8 Å². The van der Waals surface area contributed by atoms with Gasteiger partial charge in [-0.3, -0.25) is 0 Å². The number of rotatable bonds is 4. The first-order chi connectivity index (χ1) is 9.63. The molecule has 0 radical (unpaired) electrons. The van der Waals surface area contributed by atoms with E-state index >= 15 is 0 Å². The number of thiazole rings is 1. The van der Waals surface area contributed by atoms with Gasteiger partial charge < -0.3 is 14.8 Å². The standard InChI is InChI=1S/C15H18N2O2S/c1-9(15-10(2)20-11(3)17-15)16-7-12-4-5-13-14(6-12)19-8-18-13/h4-6,9,16H,7-8H2,1-3H3. The largest absolute Gasteiger partial charge is 0.454 e. The SMILES string of the molecule is Cc1nc(C(C)NCc2ccc3c(c2)OCO3)c(C)s1. The Kier molecular flexibility index (Phi) is 3.63. The summed E-state index contributed by atoms with van der Waals surface area (Å²) in [6, 6.07) is 6.29. The zero-order chi connectivity index (χ0) is 14.1. The average Bonchev–Trinajstić information content (AvgIpc) is 3.01. The molecule has 20 heavy (non-hydrogen) atoms. The lowest BCUT2D eigenvalue weighted by molar-refractivity contribution is 0.174. The quantitative estimate of drug-likeness (QED) is 0.938. The summed E-state index contributed by atoms with van der Waals surface area (Å²) in [6.07, 6.45) is 0. The average molecular weight is 290 g/mol. The minimum atomic E-state index is 0.241. The molecule has 2 heterocycles. The number of nitrogens with zero attached hydrogens (tertiary/aromatic N) is 1. The van der Waals surface area contributed by atoms with Gasteiger partial charge in [-0.15, -0.1) is 11.3 Å². The minimum absolute atomic E-state index is 0.241. The molecule has 0 fully saturated rings. The lowest BCUT2D eigenvalue weighted by Crippen LogP contribution is -2.19. The molecule has 3 rings (SSSR count). The molecule has 5 heteroatoms. The molecular formula is C15H18N2O2S. The molecule has 0 saturated carbocycles. The molecule has 1 N–H and O–H groups in total. The first kappa shape index (κ1) is 13.4. The van der Waals surface area contributed by atoms with E-state index in [4.69, 9.17) is 9.47 Å². The third-order valence-corrected chi connectivity index (χ3v) is 4.30. The number of fused-ring (bicyclic) bond motifs is 1. The van der Waals surface area contributed by atoms with Crippen molar-refractivity contribution in [3.63, 3.8) is 0 Å². The third-order valence-electron chi connectivity index (χ3n) is 3.40. The van der Waals surface area contributed by atoms with E-state index in [-0.39, 0.29) is 6.04 Å². The molecule has 1 aromatic carbocycles. The molecule has 0 bridgehead atoms. The van der Waals surface area contributed by atoms with Crippen molar-refractivity contribution in [1.29, 1.82) is 0 Å². The van der Waals surface area contributed by atoms with Crippen molar-refractivity contribution in [3.8, 4) is 11.5 Å². The van der Waals surface area contributed by atoms with Gasteiger partial charge in [-0.25, -0.2) is 4.98 Å². The van der Waals surface area contributed by atoms with Crippen LogP contribution in [0.15, 0.2) is 18.2 Å². The molecular weight excluding hydrogens is 272 g/mol. The lowest BCUT2D eigenvalue weighted by Gasteiger charge is -2.13. The fourth-order valence-corrected chi connectivity index (χ4v) is 3.28. The molecule has 1 atom stereocenters. The lowest BCUT2D eigenvalue weighted by atomic mass is 10.1. The predicted octanol–water partition coefficient (Wildman–Crippen LogP) is 3.34. The summed E-state index contributed by atoms with van der Waals surface area (Å²) in [5, 5.41) is 4.63. The summed E-state index contributed by atoms with van der Waals surface area (Å²) >= 11 is 1.75. The van der Waals surface area contributed by atoms with Crippen molar-refractivity contribution in [2.75, 3.05) is 6.79 Å². The van der Waals surface area contributed by atoms with Crippen molar-refractivity contribution in [2.24, 2.45) is 0 Å². The Balaban J connectivity index is 1.66. The Morgan fingerprint density at radius 3 is 2.85 bits per heavy atom. The van der Waals surface area contributed by atoms with Gasteiger partial charge in [0.05, 0.1) is 10.7 Å². The molecule has 0 amide bonds. The van der Waals surface area contributed by atoms with Gasteiger partial charge in [0.25, 0.3) is 0 Å². The second kappa shape index (κ2) is 5.42. The molecule has 106 valence electrons. The monoisotopic (exact) mass is 290 g/mol. The maximum atomic E-state index is 5.39. The first-order valence-electron chi connectivity index (χ1n) is 6.69. The molecule has 0 spiro atoms. The number of hydrogen-bond acceptors (Lipinski definition) is 5. The van der Waals surface area contributed by atoms with Crippen LogP contribution in [0.5, 0.6) is 11.5 Å². The summed E-state index contributed by atoms with van der Waals surface area (Å²) in [5.74, 6) is 1.66. The fraction of sp³-hybridized carbons (Fsp3) is 0.400. The number of aromatic nitrogens is 1. The maximum absolute atomic E-state index is 5.39. The van der Waals surface area contributed by atoms with Crippen molar-refractivity contribution < 1.29 is 9.47 Å². The van der Waals surface area contributed by atoms with Gasteiger partial charge in [0.1, 0.15) is 0 Å². The van der Waals surface area contributed by atoms with Gasteiger partial charge in [0.15, 0.2) is 11.5 Å². The van der Waals surface area contributed by atoms with Gasteiger partial charge >= 0.3 is 0 Å². The Hall–Kier alpha value is -1.59. The van der Waals surface area contributed by atoms with Crippen LogP contribution in [0.2, 0.25) is 0 Å². The molecule has 0 aliphatic carbocycles. The van der Waals surface area contributed by atoms with Crippen LogP contribution in [0.4, 0.5) is 0 Å². The molecule has 2 aromatic rings. The number of ether oxygens (including phenoxy) is 2. The van der Waals surface area contributed by atoms with Crippen LogP contribution < -0.4 is 14.8 Å². The minimum Gasteiger partial charge on any atom is -0.454 e. The van der Waals surface area contributed by atoms with Gasteiger partial charge in [-0.05, 0) is 38.5 Å². The highest BCUT2D eigenvalue weighted by Crippen LogP contribution is 2.32. The number of nitrogens with one attached hydrogen (secondary N) is 1. The fourth-order valence-electron chi connectivity index (χ4n) is 2.37. The Morgan fingerprint density at radius 1 is 1.30 bits per heavy atom. The smallest absolute Gasteiger partial charge is 0.231 e. The highest BCUT2D eigenvalue weighted by atomic mass is 32.1. The van der Waals surface area contributed by atoms with Crippen molar-refractivity contribution >= 4 is 11.3 Å². The number of aryl methyl sites for hydroxylation is 2. The highest BCUT2D eigenvalue weighted by Gasteiger charge is 2.15. The van der Waals surface area contributed by atoms with Crippen LogP contribution in [-0.2, 0) is 6.54 Å². The van der Waals surface area contributed by atoms with E-state index in [1.807, 2.05) is 19.1 Å². The van der Waals surface area contributed by atoms with Crippen LogP contribution in [-0.4, -0.2) is 11.8 Å². The Labute approximate surface area is 122 Å². The molecule has 0 saturated heterocycles. The van der Waals surface area contributed by atoms with Crippen LogP contribution in [0.1, 0.15) is 34.1 Å². The van der Waals surface area contributed by atoms with Crippen molar-refractivity contribution in [1.82, 2.24) is 10.3 Å². The Bertz CT molecular complexity index is 624. The van der Waals surface area contributed by atoms with Gasteiger partial charge in [0, 0.05) is 17.5 Å². The molecule has 1 aromatic heterocycles. The molecule has 1 aliphatic rings. The topological polar surface area (TPSA) is 43.4 Å². The summed E-state index contributed by atoms with van der Waals surface area (Å²) < 4.78 is 10.7. The van der Waals surface area contributed by atoms with Crippen molar-refractivity contribution in [2.45, 2.75) is 33.4 Å². The number of benzene rings is 1. The summed E-state index contributed by atoms with van der Waals surface area (Å²) in [7, 11) is 0. The first-order valence-corrected chi connectivity index (χ1v) is 7.51. The second-order valence-electron chi connectivity index (χ2n) is 4.96. The van der Waals surface area contributed by atoms with E-state index in [9.17, 15) is 0 Å². The van der Waals surface area contributed by atoms with Crippen LogP contribution in [0.3, 0.4) is 0 Å². The third kappa shape index (κ3) is 2.64. The van der Waals surface area contributed by atoms with E-state index in [1.165, 1.54) is 10.4 Å². The van der Waals surface area contributed by atoms with E-state index in [2.05, 4.69) is 30.2 Å². The van der Waals surface area contributed by atoms with Crippen LogP contribution in [0.25, 0.3) is 0 Å². The van der Waals surface area contributed by atoms with Gasteiger partial charge in [0.2, 0.25) is 6.79 Å². The summed E-state index contributed by atoms with van der Waals surface area (Å²) in [5.41, 5.74) is 2.33. The van der Waals surface area contributed by atoms with E-state index in [1.54, 1.807) is 11.3 Å². The zero-order valence-electron chi connectivity index (χ0n) is 11.9. The second-order valence-corrected chi connectivity index (χ2v) is 6.37. The summed E-state index contributed by atoms with van der Waals surface area (Å²) in [6.45, 7) is 7.42. The van der Waals surface area contributed by atoms with Crippen molar-refractivity contribution in [3.05, 3.63) is 39.3 Å². The van der Waals surface area contributed by atoms with Crippen LogP contribution >= 0.6 is 11.3 Å². The highest BCUT2D eigenvalue weighted by molar-refractivity contribution is 7.11. The zero-order valence-corrected chi connectivity index (χ0v) is 12.7. The normalized spacial score (nSPS) is 14.6. The molecule has 1 aliphatic heterocycles. The maximum Gasteiger partial charge on any atom is 0.231 e. The van der Waals surface area contributed by atoms with Gasteiger partial charge in [-0.2, -0.15) is 0 Å². The Morgan fingerprint density at radius 2 is 2.10 bits per heavy atom.